The number of carbonyl (C=O) groups excluding carboxylic acids is 2. The van der Waals surface area contributed by atoms with Crippen molar-refractivity contribution in [1.29, 1.82) is 0 Å². The first kappa shape index (κ1) is 35.7. The molecule has 3 aromatic carbocycles. The minimum atomic E-state index is -0.472. The molecule has 12 heteroatoms. The van der Waals surface area contributed by atoms with Crippen molar-refractivity contribution in [2.45, 2.75) is 64.8 Å². The molecule has 0 unspecified atom stereocenters. The highest BCUT2D eigenvalue weighted by atomic mass is 32.1. The molecule has 6 N–H and O–H groups in total. The van der Waals surface area contributed by atoms with Crippen molar-refractivity contribution >= 4 is 68.8 Å². The Kier molecular flexibility index (Phi) is 11.5. The Balaban J connectivity index is 1.71. The molecule has 2 heterocycles. The highest BCUT2D eigenvalue weighted by Crippen LogP contribution is 2.40. The van der Waals surface area contributed by atoms with Crippen LogP contribution in [-0.4, -0.2) is 47.7 Å². The third kappa shape index (κ3) is 9.33. The van der Waals surface area contributed by atoms with Gasteiger partial charge in [0.15, 0.2) is 10.2 Å². The molecule has 0 radical (unpaired) electrons. The quantitative estimate of drug-likeness (QED) is 0.119. The second-order valence-electron chi connectivity index (χ2n) is 13.2. The van der Waals surface area contributed by atoms with Crippen molar-refractivity contribution in [2.75, 3.05) is 30.8 Å². The number of anilines is 2. The summed E-state index contributed by atoms with van der Waals surface area (Å²) >= 11 is 11.4. The highest BCUT2D eigenvalue weighted by Gasteiger charge is 2.25. The molecule has 2 bridgehead atoms. The van der Waals surface area contributed by atoms with Gasteiger partial charge in [-0.25, -0.2) is 4.39 Å². The number of rotatable bonds is 3. The fraction of sp³-hybridized carbons (Fsp3) is 0.351. The molecule has 4 aromatic rings. The first-order valence-electron chi connectivity index (χ1n) is 16.6. The minimum Gasteiger partial charge on any atom is -0.455 e. The van der Waals surface area contributed by atoms with Gasteiger partial charge in [-0.3, -0.25) is 9.59 Å². The Hall–Kier alpha value is -4.55. The Bertz CT molecular complexity index is 1870. The molecular weight excluding hydrogens is 660 g/mol. The zero-order chi connectivity index (χ0) is 35.1. The Labute approximate surface area is 297 Å². The summed E-state index contributed by atoms with van der Waals surface area (Å²) in [6.45, 7) is 7.22. The monoisotopic (exact) mass is 702 g/mol. The summed E-state index contributed by atoms with van der Waals surface area (Å²) in [6, 6.07) is 14.9. The molecule has 258 valence electrons. The lowest BCUT2D eigenvalue weighted by Crippen LogP contribution is -2.40. The van der Waals surface area contributed by atoms with Crippen LogP contribution in [-0.2, 0) is 0 Å². The fourth-order valence-corrected chi connectivity index (χ4v) is 6.17. The molecular formula is C37H43FN6O3S2. The van der Waals surface area contributed by atoms with Crippen molar-refractivity contribution in [3.05, 3.63) is 71.5 Å². The summed E-state index contributed by atoms with van der Waals surface area (Å²) in [5.74, 6) is -0.716. The highest BCUT2D eigenvalue weighted by molar-refractivity contribution is 7.80. The molecule has 0 saturated carbocycles. The van der Waals surface area contributed by atoms with Gasteiger partial charge in [-0.1, -0.05) is 25.7 Å². The van der Waals surface area contributed by atoms with E-state index in [4.69, 9.17) is 28.9 Å². The van der Waals surface area contributed by atoms with Gasteiger partial charge in [-0.05, 0) is 112 Å². The zero-order valence-corrected chi connectivity index (χ0v) is 29.9. The van der Waals surface area contributed by atoms with Gasteiger partial charge < -0.3 is 36.3 Å². The zero-order valence-electron chi connectivity index (χ0n) is 28.3. The van der Waals surface area contributed by atoms with E-state index in [0.29, 0.717) is 72.7 Å². The molecule has 1 aliphatic rings. The van der Waals surface area contributed by atoms with Gasteiger partial charge >= 0.3 is 0 Å². The van der Waals surface area contributed by atoms with E-state index >= 15 is 0 Å². The molecule has 1 aliphatic heterocycles. The third-order valence-corrected chi connectivity index (χ3v) is 8.56. The van der Waals surface area contributed by atoms with Gasteiger partial charge in [0.1, 0.15) is 17.2 Å². The summed E-state index contributed by atoms with van der Waals surface area (Å²) in [5, 5.41) is 20.4. The number of furan rings is 1. The van der Waals surface area contributed by atoms with Gasteiger partial charge in [0.25, 0.3) is 11.8 Å². The summed E-state index contributed by atoms with van der Waals surface area (Å²) < 4.78 is 20.2. The number of fused-ring (bicyclic) bond motifs is 5. The van der Waals surface area contributed by atoms with Crippen LogP contribution in [0, 0.1) is 5.82 Å². The predicted molar refractivity (Wildman–Crippen MR) is 204 cm³/mol. The summed E-state index contributed by atoms with van der Waals surface area (Å²) in [7, 11) is 1.55. The molecule has 0 spiro atoms. The van der Waals surface area contributed by atoms with Crippen LogP contribution >= 0.6 is 24.4 Å². The second-order valence-corrected chi connectivity index (χ2v) is 14.0. The van der Waals surface area contributed by atoms with Crippen molar-refractivity contribution in [2.24, 2.45) is 0 Å². The minimum absolute atomic E-state index is 0.254. The molecule has 0 atom stereocenters. The maximum atomic E-state index is 13.9. The normalized spacial score (nSPS) is 14.9. The average molecular weight is 703 g/mol. The molecule has 2 amide bonds. The maximum absolute atomic E-state index is 13.9. The average Bonchev–Trinajstić information content (AvgIpc) is 3.42. The van der Waals surface area contributed by atoms with Crippen LogP contribution in [0.25, 0.3) is 33.4 Å². The Morgan fingerprint density at radius 1 is 0.796 bits per heavy atom. The van der Waals surface area contributed by atoms with Crippen molar-refractivity contribution in [3.8, 4) is 22.5 Å². The Morgan fingerprint density at radius 3 is 2.06 bits per heavy atom. The Morgan fingerprint density at radius 2 is 1.43 bits per heavy atom. The van der Waals surface area contributed by atoms with Crippen LogP contribution in [0.15, 0.2) is 59.0 Å². The van der Waals surface area contributed by atoms with Crippen LogP contribution < -0.4 is 31.9 Å². The first-order valence-corrected chi connectivity index (χ1v) is 17.4. The summed E-state index contributed by atoms with van der Waals surface area (Å²) in [4.78, 5) is 27.0. The van der Waals surface area contributed by atoms with Crippen LogP contribution in [0.5, 0.6) is 0 Å². The number of nitrogens with one attached hydrogen (secondary N) is 6. The summed E-state index contributed by atoms with van der Waals surface area (Å²) in [5.41, 5.74) is 3.77. The fourth-order valence-electron chi connectivity index (χ4n) is 5.74. The van der Waals surface area contributed by atoms with Crippen LogP contribution in [0.2, 0.25) is 0 Å². The SMILES string of the molecule is CNC(=O)c1c(-c2ccc(F)cc2)oc2cc3c(cc12)-c1cc(cc(C(=O)NC(C)(C)C)c1)NC(=S)NCCCCCCCCNC(=S)N3. The van der Waals surface area contributed by atoms with Gasteiger partial charge in [0.2, 0.25) is 0 Å². The van der Waals surface area contributed by atoms with Gasteiger partial charge in [-0.15, -0.1) is 0 Å². The molecule has 0 aliphatic carbocycles. The van der Waals surface area contributed by atoms with E-state index < -0.39 is 11.4 Å². The van der Waals surface area contributed by atoms with E-state index in [9.17, 15) is 14.0 Å². The predicted octanol–water partition coefficient (Wildman–Crippen LogP) is 7.72. The standard InChI is InChI=1S/C37H43FN6O3S2/c1-37(2,3)44-33(45)24-17-23-18-26(19-24)42-35(48)40-15-9-7-5-6-8-10-16-41-36(49)43-29-21-30-28(20-27(23)29)31(34(46)39-4)32(47-30)22-11-13-25(38)14-12-22/h11-14,17-21H,5-10,15-16H2,1-4H3,(H,39,46)(H,44,45)(H2,40,42,48)(H2,41,43,49). The lowest BCUT2D eigenvalue weighted by Gasteiger charge is -2.22. The molecule has 0 fully saturated rings. The van der Waals surface area contributed by atoms with Crippen LogP contribution in [0.1, 0.15) is 80.0 Å². The molecule has 1 aromatic heterocycles. The number of amides is 2. The number of carbonyl (C=O) groups is 2. The van der Waals surface area contributed by atoms with Gasteiger partial charge in [0, 0.05) is 59.5 Å². The molecule has 9 nitrogen and oxygen atoms in total. The van der Waals surface area contributed by atoms with Gasteiger partial charge in [-0.2, -0.15) is 0 Å². The van der Waals surface area contributed by atoms with Crippen molar-refractivity contribution in [3.63, 3.8) is 0 Å². The number of hydrogen-bond donors (Lipinski definition) is 6. The van der Waals surface area contributed by atoms with E-state index in [1.165, 1.54) is 12.1 Å². The largest absolute Gasteiger partial charge is 0.455 e. The van der Waals surface area contributed by atoms with Crippen LogP contribution in [0.4, 0.5) is 15.8 Å². The smallest absolute Gasteiger partial charge is 0.255 e. The van der Waals surface area contributed by atoms with E-state index in [-0.39, 0.29) is 11.8 Å². The third-order valence-electron chi connectivity index (χ3n) is 8.06. The maximum Gasteiger partial charge on any atom is 0.255 e. The lowest BCUT2D eigenvalue weighted by atomic mass is 9.96. The second kappa shape index (κ2) is 15.8. The molecule has 0 saturated heterocycles. The lowest BCUT2D eigenvalue weighted by molar-refractivity contribution is 0.0918. The van der Waals surface area contributed by atoms with Crippen molar-refractivity contribution in [1.82, 2.24) is 21.3 Å². The summed E-state index contributed by atoms with van der Waals surface area (Å²) in [6.07, 6.45) is 6.44. The number of thiocarbonyl (C=S) groups is 2. The first-order chi connectivity index (χ1) is 23.4. The van der Waals surface area contributed by atoms with E-state index in [0.717, 1.165) is 45.1 Å². The van der Waals surface area contributed by atoms with Gasteiger partial charge in [0.05, 0.1) is 11.3 Å². The molecule has 5 rings (SSSR count). The number of hydrogen-bond acceptors (Lipinski definition) is 5. The number of benzene rings is 3. The van der Waals surface area contributed by atoms with Crippen molar-refractivity contribution < 1.29 is 18.4 Å². The molecule has 49 heavy (non-hydrogen) atoms. The topological polar surface area (TPSA) is 119 Å². The number of halogens is 1. The van der Waals surface area contributed by atoms with Crippen LogP contribution in [0.3, 0.4) is 0 Å². The van der Waals surface area contributed by atoms with E-state index in [1.807, 2.05) is 32.9 Å². The van der Waals surface area contributed by atoms with E-state index in [1.54, 1.807) is 37.4 Å². The van der Waals surface area contributed by atoms with E-state index in [2.05, 4.69) is 31.9 Å².